The number of hydrogen-bond donors (Lipinski definition) is 0. The second-order valence-electron chi connectivity index (χ2n) is 7.43. The predicted octanol–water partition coefficient (Wildman–Crippen LogP) is 3.77. The molecule has 0 spiro atoms. The molecule has 0 amide bonds. The summed E-state index contributed by atoms with van der Waals surface area (Å²) in [4.78, 5) is 0. The first-order valence-corrected chi connectivity index (χ1v) is 7.30. The van der Waals surface area contributed by atoms with Gasteiger partial charge in [-0.15, -0.1) is 0 Å². The Kier molecular flexibility index (Phi) is 2.70. The van der Waals surface area contributed by atoms with Gasteiger partial charge < -0.3 is 9.47 Å². The molecule has 1 aliphatic heterocycles. The van der Waals surface area contributed by atoms with E-state index in [2.05, 4.69) is 34.6 Å². The van der Waals surface area contributed by atoms with E-state index in [9.17, 15) is 0 Å². The number of fused-ring (bicyclic) bond motifs is 2. The monoisotopic (exact) mass is 250 g/mol. The zero-order chi connectivity index (χ0) is 13.1. The zero-order valence-corrected chi connectivity index (χ0v) is 12.4. The summed E-state index contributed by atoms with van der Waals surface area (Å²) in [5.41, 5.74) is 3.88. The van der Waals surface area contributed by atoms with Crippen molar-refractivity contribution in [2.45, 2.75) is 53.6 Å². The van der Waals surface area contributed by atoms with Crippen LogP contribution in [0.5, 0.6) is 0 Å². The van der Waals surface area contributed by atoms with E-state index in [0.717, 1.165) is 6.61 Å². The van der Waals surface area contributed by atoms with Crippen LogP contribution >= 0.6 is 0 Å². The molecule has 2 nitrogen and oxygen atoms in total. The number of ether oxygens (including phenoxy) is 2. The Balaban J connectivity index is 2.08. The van der Waals surface area contributed by atoms with E-state index in [-0.39, 0.29) is 5.41 Å². The number of rotatable bonds is 0. The summed E-state index contributed by atoms with van der Waals surface area (Å²) in [5, 5.41) is 0. The van der Waals surface area contributed by atoms with E-state index in [4.69, 9.17) is 9.47 Å². The van der Waals surface area contributed by atoms with Crippen LogP contribution in [0.1, 0.15) is 47.5 Å². The third-order valence-corrected chi connectivity index (χ3v) is 6.10. The van der Waals surface area contributed by atoms with Crippen LogP contribution in [0, 0.1) is 22.7 Å². The topological polar surface area (TPSA) is 18.5 Å². The van der Waals surface area contributed by atoms with Gasteiger partial charge in [0, 0.05) is 5.92 Å². The summed E-state index contributed by atoms with van der Waals surface area (Å²) in [6.07, 6.45) is 2.79. The number of hydrogen-bond acceptors (Lipinski definition) is 2. The normalized spacial score (nSPS) is 41.5. The van der Waals surface area contributed by atoms with Gasteiger partial charge in [-0.2, -0.15) is 0 Å². The van der Waals surface area contributed by atoms with E-state index >= 15 is 0 Å². The van der Waals surface area contributed by atoms with Crippen molar-refractivity contribution in [3.8, 4) is 0 Å². The van der Waals surface area contributed by atoms with Crippen molar-refractivity contribution in [1.82, 2.24) is 0 Å². The molecule has 18 heavy (non-hydrogen) atoms. The minimum absolute atomic E-state index is 0.263. The van der Waals surface area contributed by atoms with Crippen molar-refractivity contribution in [2.24, 2.45) is 22.7 Å². The number of allylic oxidation sites excluding steroid dienone is 1. The molecule has 1 saturated heterocycles. The van der Waals surface area contributed by atoms with Crippen LogP contribution in [-0.4, -0.2) is 19.5 Å². The Labute approximate surface area is 111 Å². The van der Waals surface area contributed by atoms with E-state index in [1.54, 1.807) is 11.1 Å². The molecule has 0 aromatic heterocycles. The standard InChI is InChI=1S/C16H26O2/c1-10-15(2,3)12-7-6-11-8-17-9-18-14(11)13(12)16(10,4)5/h10-11,14H,6-9H2,1-5H3. The lowest BCUT2D eigenvalue weighted by molar-refractivity contribution is -0.164. The van der Waals surface area contributed by atoms with Gasteiger partial charge in [0.25, 0.3) is 0 Å². The molecule has 1 heterocycles. The highest BCUT2D eigenvalue weighted by Crippen LogP contribution is 2.62. The van der Waals surface area contributed by atoms with E-state index in [1.165, 1.54) is 12.8 Å². The van der Waals surface area contributed by atoms with E-state index in [0.29, 0.717) is 30.1 Å². The molecule has 0 aromatic rings. The molecular formula is C16H26O2. The molecule has 2 aliphatic carbocycles. The molecule has 102 valence electrons. The lowest BCUT2D eigenvalue weighted by atomic mass is 9.69. The Morgan fingerprint density at radius 2 is 1.83 bits per heavy atom. The fourth-order valence-electron chi connectivity index (χ4n) is 4.56. The van der Waals surface area contributed by atoms with Gasteiger partial charge in [-0.25, -0.2) is 0 Å². The maximum atomic E-state index is 5.99. The Hall–Kier alpha value is -0.340. The summed E-state index contributed by atoms with van der Waals surface area (Å²) < 4.78 is 11.5. The van der Waals surface area contributed by atoms with Gasteiger partial charge in [0.2, 0.25) is 0 Å². The maximum absolute atomic E-state index is 5.99. The first-order chi connectivity index (χ1) is 8.37. The molecular weight excluding hydrogens is 224 g/mol. The highest BCUT2D eigenvalue weighted by molar-refractivity contribution is 5.40. The van der Waals surface area contributed by atoms with Crippen LogP contribution < -0.4 is 0 Å². The third-order valence-electron chi connectivity index (χ3n) is 6.10. The summed E-state index contributed by atoms with van der Waals surface area (Å²) >= 11 is 0. The largest absolute Gasteiger partial charge is 0.355 e. The predicted molar refractivity (Wildman–Crippen MR) is 72.2 cm³/mol. The molecule has 2 heteroatoms. The van der Waals surface area contributed by atoms with Crippen LogP contribution in [-0.2, 0) is 9.47 Å². The summed E-state index contributed by atoms with van der Waals surface area (Å²) in [6.45, 7) is 13.4. The molecule has 0 saturated carbocycles. The second kappa shape index (κ2) is 3.83. The Bertz CT molecular complexity index is 392. The van der Waals surface area contributed by atoms with Crippen molar-refractivity contribution in [1.29, 1.82) is 0 Å². The molecule has 3 atom stereocenters. The van der Waals surface area contributed by atoms with Gasteiger partial charge in [-0.1, -0.05) is 40.2 Å². The van der Waals surface area contributed by atoms with Crippen LogP contribution in [0.4, 0.5) is 0 Å². The third kappa shape index (κ3) is 1.48. The smallest absolute Gasteiger partial charge is 0.147 e. The molecule has 0 aromatic carbocycles. The highest BCUT2D eigenvalue weighted by atomic mass is 16.7. The molecule has 3 rings (SSSR count). The van der Waals surface area contributed by atoms with Crippen LogP contribution in [0.15, 0.2) is 11.1 Å². The molecule has 1 fully saturated rings. The SMILES string of the molecule is CC1C(C)(C)C2=C(C3OCOCC3CC2)C1(C)C. The van der Waals surface area contributed by atoms with Gasteiger partial charge in [-0.05, 0) is 35.2 Å². The van der Waals surface area contributed by atoms with E-state index < -0.39 is 0 Å². The minimum Gasteiger partial charge on any atom is -0.355 e. The van der Waals surface area contributed by atoms with Crippen LogP contribution in [0.25, 0.3) is 0 Å². The molecule has 0 N–H and O–H groups in total. The first kappa shape index (κ1) is 12.7. The fourth-order valence-corrected chi connectivity index (χ4v) is 4.56. The van der Waals surface area contributed by atoms with Crippen LogP contribution in [0.3, 0.4) is 0 Å². The molecule has 0 radical (unpaired) electrons. The summed E-state index contributed by atoms with van der Waals surface area (Å²) in [7, 11) is 0. The van der Waals surface area contributed by atoms with Crippen molar-refractivity contribution in [3.63, 3.8) is 0 Å². The highest BCUT2D eigenvalue weighted by Gasteiger charge is 2.55. The van der Waals surface area contributed by atoms with Crippen molar-refractivity contribution < 1.29 is 9.47 Å². The fraction of sp³-hybridized carbons (Fsp3) is 0.875. The average molecular weight is 250 g/mol. The lowest BCUT2D eigenvalue weighted by Crippen LogP contribution is -2.41. The molecule has 3 aliphatic rings. The average Bonchev–Trinajstić information content (AvgIpc) is 2.48. The van der Waals surface area contributed by atoms with Crippen molar-refractivity contribution in [2.75, 3.05) is 13.4 Å². The van der Waals surface area contributed by atoms with Crippen molar-refractivity contribution in [3.05, 3.63) is 11.1 Å². The Morgan fingerprint density at radius 3 is 2.56 bits per heavy atom. The Morgan fingerprint density at radius 1 is 1.11 bits per heavy atom. The van der Waals surface area contributed by atoms with Crippen LogP contribution in [0.2, 0.25) is 0 Å². The maximum Gasteiger partial charge on any atom is 0.147 e. The molecule has 3 unspecified atom stereocenters. The van der Waals surface area contributed by atoms with E-state index in [1.807, 2.05) is 0 Å². The van der Waals surface area contributed by atoms with Crippen molar-refractivity contribution >= 4 is 0 Å². The van der Waals surface area contributed by atoms with Gasteiger partial charge in [0.1, 0.15) is 6.79 Å². The zero-order valence-electron chi connectivity index (χ0n) is 12.4. The summed E-state index contributed by atoms with van der Waals surface area (Å²) in [6, 6.07) is 0. The second-order valence-corrected chi connectivity index (χ2v) is 7.43. The van der Waals surface area contributed by atoms with Gasteiger partial charge >= 0.3 is 0 Å². The summed E-state index contributed by atoms with van der Waals surface area (Å²) in [5.74, 6) is 1.26. The first-order valence-electron chi connectivity index (χ1n) is 7.30. The van der Waals surface area contributed by atoms with Gasteiger partial charge in [0.05, 0.1) is 12.7 Å². The quantitative estimate of drug-likeness (QED) is 0.609. The van der Waals surface area contributed by atoms with Gasteiger partial charge in [-0.3, -0.25) is 0 Å². The molecule has 0 bridgehead atoms. The van der Waals surface area contributed by atoms with Gasteiger partial charge in [0.15, 0.2) is 0 Å². The minimum atomic E-state index is 0.263. The lowest BCUT2D eigenvalue weighted by Gasteiger charge is -2.41.